The number of carbonyl (C=O) groups is 4. The van der Waals surface area contributed by atoms with Gasteiger partial charge in [-0.05, 0) is 68.3 Å². The van der Waals surface area contributed by atoms with Gasteiger partial charge in [0.05, 0.1) is 22.7 Å². The molecule has 1 fully saturated rings. The molecule has 1 atom stereocenters. The maximum Gasteiger partial charge on any atom is 0.316 e. The van der Waals surface area contributed by atoms with Gasteiger partial charge in [-0.15, -0.1) is 0 Å². The molecule has 5 rings (SSSR count). The average Bonchev–Trinajstić information content (AvgIpc) is 3.32. The van der Waals surface area contributed by atoms with E-state index in [4.69, 9.17) is 4.74 Å². The number of aryl methyl sites for hydroxylation is 3. The van der Waals surface area contributed by atoms with Crippen molar-refractivity contribution in [2.24, 2.45) is 5.92 Å². The van der Waals surface area contributed by atoms with Gasteiger partial charge in [-0.2, -0.15) is 0 Å². The molecule has 0 spiro atoms. The van der Waals surface area contributed by atoms with Crippen LogP contribution in [0.25, 0.3) is 0 Å². The number of fused-ring (bicyclic) bond motifs is 1. The highest BCUT2D eigenvalue weighted by Gasteiger charge is 2.38. The van der Waals surface area contributed by atoms with Gasteiger partial charge in [0.15, 0.2) is 0 Å². The Hall–Kier alpha value is -4.26. The van der Waals surface area contributed by atoms with Crippen molar-refractivity contribution in [3.05, 3.63) is 88.5 Å². The molecule has 0 N–H and O–H groups in total. The number of rotatable bonds is 4. The maximum absolute atomic E-state index is 12.9. The Morgan fingerprint density at radius 1 is 0.829 bits per heavy atom. The molecule has 3 amide bonds. The summed E-state index contributed by atoms with van der Waals surface area (Å²) in [5.41, 5.74) is 4.67. The van der Waals surface area contributed by atoms with Gasteiger partial charge in [-0.3, -0.25) is 19.2 Å². The predicted octanol–water partition coefficient (Wildman–Crippen LogP) is 4.37. The molecule has 2 aliphatic rings. The third kappa shape index (κ3) is 3.89. The smallest absolute Gasteiger partial charge is 0.316 e. The number of hydrogen-bond acceptors (Lipinski definition) is 5. The number of benzene rings is 3. The van der Waals surface area contributed by atoms with Crippen LogP contribution in [-0.4, -0.2) is 30.2 Å². The van der Waals surface area contributed by atoms with E-state index >= 15 is 0 Å². The van der Waals surface area contributed by atoms with Crippen LogP contribution in [0.1, 0.15) is 43.8 Å². The van der Waals surface area contributed by atoms with Gasteiger partial charge in [-0.25, -0.2) is 4.90 Å². The molecule has 2 aliphatic heterocycles. The summed E-state index contributed by atoms with van der Waals surface area (Å²) in [6, 6.07) is 17.3. The lowest BCUT2D eigenvalue weighted by atomic mass is 10.1. The summed E-state index contributed by atoms with van der Waals surface area (Å²) in [6.45, 7) is 5.94. The number of anilines is 2. The zero-order valence-corrected chi connectivity index (χ0v) is 19.7. The van der Waals surface area contributed by atoms with Crippen LogP contribution in [0.2, 0.25) is 0 Å². The normalized spacial score (nSPS) is 17.2. The molecule has 0 saturated carbocycles. The Labute approximate surface area is 202 Å². The van der Waals surface area contributed by atoms with Gasteiger partial charge in [0.1, 0.15) is 5.75 Å². The molecule has 0 unspecified atom stereocenters. The van der Waals surface area contributed by atoms with E-state index < -0.39 is 11.9 Å². The minimum atomic E-state index is -0.584. The predicted molar refractivity (Wildman–Crippen MR) is 131 cm³/mol. The second kappa shape index (κ2) is 8.51. The molecule has 0 aromatic heterocycles. The van der Waals surface area contributed by atoms with Gasteiger partial charge < -0.3 is 9.64 Å². The molecule has 2 heterocycles. The van der Waals surface area contributed by atoms with Gasteiger partial charge in [-0.1, -0.05) is 29.8 Å². The van der Waals surface area contributed by atoms with Crippen molar-refractivity contribution >= 4 is 35.1 Å². The summed E-state index contributed by atoms with van der Waals surface area (Å²) in [5, 5.41) is 0. The molecule has 7 nitrogen and oxygen atoms in total. The monoisotopic (exact) mass is 468 g/mol. The van der Waals surface area contributed by atoms with Crippen molar-refractivity contribution in [1.29, 1.82) is 0 Å². The summed E-state index contributed by atoms with van der Waals surface area (Å²) in [5.74, 6) is -1.65. The number of imide groups is 1. The van der Waals surface area contributed by atoms with E-state index in [0.717, 1.165) is 21.7 Å². The third-order valence-corrected chi connectivity index (χ3v) is 6.52. The molecule has 176 valence electrons. The van der Waals surface area contributed by atoms with Crippen molar-refractivity contribution in [2.75, 3.05) is 16.3 Å². The van der Waals surface area contributed by atoms with Crippen LogP contribution in [0, 0.1) is 26.7 Å². The van der Waals surface area contributed by atoms with Crippen LogP contribution in [0.15, 0.2) is 60.7 Å². The number of ether oxygens (including phenoxy) is 1. The fourth-order valence-corrected chi connectivity index (χ4v) is 4.76. The zero-order valence-electron chi connectivity index (χ0n) is 19.7. The van der Waals surface area contributed by atoms with E-state index in [9.17, 15) is 19.2 Å². The summed E-state index contributed by atoms with van der Waals surface area (Å²) in [7, 11) is 0. The molecule has 3 aromatic rings. The Bertz CT molecular complexity index is 1380. The van der Waals surface area contributed by atoms with Crippen molar-refractivity contribution < 1.29 is 23.9 Å². The highest BCUT2D eigenvalue weighted by Crippen LogP contribution is 2.33. The second-order valence-electron chi connectivity index (χ2n) is 9.06. The van der Waals surface area contributed by atoms with Crippen LogP contribution in [0.5, 0.6) is 5.75 Å². The topological polar surface area (TPSA) is 84.0 Å². The third-order valence-electron chi connectivity index (χ3n) is 6.52. The first-order chi connectivity index (χ1) is 16.7. The molecule has 0 aliphatic carbocycles. The summed E-state index contributed by atoms with van der Waals surface area (Å²) in [6.07, 6.45) is 0.0816. The van der Waals surface area contributed by atoms with Gasteiger partial charge in [0, 0.05) is 18.7 Å². The molecule has 0 bridgehead atoms. The van der Waals surface area contributed by atoms with Crippen LogP contribution >= 0.6 is 0 Å². The molecular formula is C28H24N2O5. The van der Waals surface area contributed by atoms with Crippen molar-refractivity contribution in [1.82, 2.24) is 0 Å². The fourth-order valence-electron chi connectivity index (χ4n) is 4.76. The minimum Gasteiger partial charge on any atom is -0.426 e. The van der Waals surface area contributed by atoms with Gasteiger partial charge >= 0.3 is 5.97 Å². The maximum atomic E-state index is 12.9. The molecule has 7 heteroatoms. The first-order valence-electron chi connectivity index (χ1n) is 11.4. The van der Waals surface area contributed by atoms with E-state index in [1.807, 2.05) is 32.0 Å². The number of hydrogen-bond donors (Lipinski definition) is 0. The summed E-state index contributed by atoms with van der Waals surface area (Å²) >= 11 is 0. The number of amides is 3. The first kappa shape index (κ1) is 22.5. The highest BCUT2D eigenvalue weighted by atomic mass is 16.5. The number of nitrogens with zero attached hydrogens (tertiary/aromatic N) is 2. The summed E-state index contributed by atoms with van der Waals surface area (Å²) in [4.78, 5) is 53.9. The Morgan fingerprint density at radius 3 is 2.09 bits per heavy atom. The first-order valence-corrected chi connectivity index (χ1v) is 11.4. The molecular weight excluding hydrogens is 444 g/mol. The molecule has 1 saturated heterocycles. The lowest BCUT2D eigenvalue weighted by molar-refractivity contribution is -0.139. The van der Waals surface area contributed by atoms with Crippen molar-refractivity contribution in [3.63, 3.8) is 0 Å². The lowest BCUT2D eigenvalue weighted by Crippen LogP contribution is -2.30. The largest absolute Gasteiger partial charge is 0.426 e. The average molecular weight is 469 g/mol. The number of esters is 1. The van der Waals surface area contributed by atoms with Gasteiger partial charge in [0.2, 0.25) is 5.91 Å². The molecule has 0 radical (unpaired) electrons. The van der Waals surface area contributed by atoms with E-state index in [1.54, 1.807) is 54.3 Å². The molecule has 35 heavy (non-hydrogen) atoms. The van der Waals surface area contributed by atoms with E-state index in [0.29, 0.717) is 28.1 Å². The van der Waals surface area contributed by atoms with E-state index in [2.05, 4.69) is 0 Å². The Balaban J connectivity index is 1.31. The standard InChI is InChI=1S/C28H24N2O5/c1-16-8-10-23(17(2)12-16)29-15-19(14-25(29)31)28(34)35-20-9-11-24(18(3)13-20)30-26(32)21-6-4-5-7-22(21)27(30)33/h4-13,19H,14-15H2,1-3H3/t19-/m0/s1. The quantitative estimate of drug-likeness (QED) is 0.323. The van der Waals surface area contributed by atoms with Crippen LogP contribution in [-0.2, 0) is 9.59 Å². The number of carbonyl (C=O) groups excluding carboxylic acids is 4. The lowest BCUT2D eigenvalue weighted by Gasteiger charge is -2.19. The van der Waals surface area contributed by atoms with Crippen molar-refractivity contribution in [3.8, 4) is 5.75 Å². The van der Waals surface area contributed by atoms with Crippen LogP contribution in [0.3, 0.4) is 0 Å². The SMILES string of the molecule is Cc1ccc(N2C[C@@H](C(=O)Oc3ccc(N4C(=O)c5ccccc5C4=O)c(C)c3)CC2=O)c(C)c1. The Morgan fingerprint density at radius 2 is 1.46 bits per heavy atom. The van der Waals surface area contributed by atoms with Gasteiger partial charge in [0.25, 0.3) is 11.8 Å². The summed E-state index contributed by atoms with van der Waals surface area (Å²) < 4.78 is 5.59. The molecule has 3 aromatic carbocycles. The minimum absolute atomic E-state index is 0.0816. The zero-order chi connectivity index (χ0) is 24.9. The van der Waals surface area contributed by atoms with Crippen LogP contribution < -0.4 is 14.5 Å². The van der Waals surface area contributed by atoms with Crippen molar-refractivity contribution in [2.45, 2.75) is 27.2 Å². The van der Waals surface area contributed by atoms with E-state index in [-0.39, 0.29) is 30.7 Å². The fraction of sp³-hybridized carbons (Fsp3) is 0.214. The Kier molecular flexibility index (Phi) is 5.47. The van der Waals surface area contributed by atoms with Crippen LogP contribution in [0.4, 0.5) is 11.4 Å². The van der Waals surface area contributed by atoms with E-state index in [1.165, 1.54) is 0 Å². The second-order valence-corrected chi connectivity index (χ2v) is 9.06. The highest BCUT2D eigenvalue weighted by molar-refractivity contribution is 6.34.